The summed E-state index contributed by atoms with van der Waals surface area (Å²) in [5, 5.41) is 3.32. The van der Waals surface area contributed by atoms with Crippen molar-refractivity contribution >= 4 is 17.3 Å². The van der Waals surface area contributed by atoms with Crippen molar-refractivity contribution in [1.29, 1.82) is 0 Å². The van der Waals surface area contributed by atoms with Crippen molar-refractivity contribution in [1.82, 2.24) is 14.9 Å². The van der Waals surface area contributed by atoms with Crippen LogP contribution >= 0.6 is 0 Å². The number of hydrogen-bond donors (Lipinski definition) is 2. The maximum atomic E-state index is 6.34. The number of aromatic nitrogens is 2. The minimum absolute atomic E-state index is 0.473. The van der Waals surface area contributed by atoms with Crippen LogP contribution in [0.2, 0.25) is 0 Å². The molecular weight excluding hydrogens is 300 g/mol. The Morgan fingerprint density at radius 3 is 2.62 bits per heavy atom. The molecule has 1 aliphatic heterocycles. The van der Waals surface area contributed by atoms with Gasteiger partial charge in [0.15, 0.2) is 11.6 Å². The van der Waals surface area contributed by atoms with E-state index in [0.29, 0.717) is 24.1 Å². The topological polar surface area (TPSA) is 70.3 Å². The van der Waals surface area contributed by atoms with Gasteiger partial charge in [0.25, 0.3) is 0 Å². The van der Waals surface area contributed by atoms with Gasteiger partial charge in [-0.1, -0.05) is 30.3 Å². The second-order valence-electron chi connectivity index (χ2n) is 6.44. The fraction of sp³-hybridized carbons (Fsp3) is 0.444. The molecule has 1 saturated heterocycles. The lowest BCUT2D eigenvalue weighted by Gasteiger charge is -2.36. The molecule has 6 nitrogen and oxygen atoms in total. The van der Waals surface area contributed by atoms with E-state index in [9.17, 15) is 0 Å². The normalized spacial score (nSPS) is 16.1. The Morgan fingerprint density at radius 1 is 1.21 bits per heavy atom. The molecule has 128 valence electrons. The summed E-state index contributed by atoms with van der Waals surface area (Å²) in [6.07, 6.45) is 3.84. The Hall–Kier alpha value is -2.34. The first-order chi connectivity index (χ1) is 11.6. The molecule has 3 rings (SSSR count). The second-order valence-corrected chi connectivity index (χ2v) is 6.44. The van der Waals surface area contributed by atoms with Crippen LogP contribution in [0, 0.1) is 0 Å². The summed E-state index contributed by atoms with van der Waals surface area (Å²) in [5.41, 5.74) is 8.16. The number of rotatable bonds is 5. The van der Waals surface area contributed by atoms with Crippen LogP contribution in [0.1, 0.15) is 18.4 Å². The summed E-state index contributed by atoms with van der Waals surface area (Å²) in [4.78, 5) is 13.3. The van der Waals surface area contributed by atoms with E-state index in [2.05, 4.69) is 51.3 Å². The molecule has 3 N–H and O–H groups in total. The van der Waals surface area contributed by atoms with E-state index in [0.717, 1.165) is 31.7 Å². The van der Waals surface area contributed by atoms with Crippen LogP contribution in [0.4, 0.5) is 17.3 Å². The zero-order valence-electron chi connectivity index (χ0n) is 14.4. The summed E-state index contributed by atoms with van der Waals surface area (Å²) in [6, 6.07) is 10.7. The highest BCUT2D eigenvalue weighted by atomic mass is 15.2. The van der Waals surface area contributed by atoms with Crippen molar-refractivity contribution < 1.29 is 0 Å². The number of hydrogen-bond acceptors (Lipinski definition) is 6. The summed E-state index contributed by atoms with van der Waals surface area (Å²) in [5.74, 6) is 1.51. The third-order valence-electron chi connectivity index (χ3n) is 4.74. The van der Waals surface area contributed by atoms with Gasteiger partial charge >= 0.3 is 0 Å². The lowest BCUT2D eigenvalue weighted by Crippen LogP contribution is -2.42. The highest BCUT2D eigenvalue weighted by molar-refractivity contribution is 5.75. The average molecular weight is 326 g/mol. The Balaban J connectivity index is 1.70. The molecule has 1 aromatic carbocycles. The maximum absolute atomic E-state index is 6.34. The summed E-state index contributed by atoms with van der Waals surface area (Å²) in [7, 11) is 4.25. The maximum Gasteiger partial charge on any atom is 0.157 e. The minimum atomic E-state index is 0.473. The molecule has 6 heteroatoms. The Bertz CT molecular complexity index is 652. The van der Waals surface area contributed by atoms with Gasteiger partial charge in [-0.25, -0.2) is 9.97 Å². The molecule has 0 amide bonds. The van der Waals surface area contributed by atoms with E-state index < -0.39 is 0 Å². The second kappa shape index (κ2) is 7.49. The monoisotopic (exact) mass is 326 g/mol. The number of nitrogen functional groups attached to an aromatic ring is 1. The molecule has 0 radical (unpaired) electrons. The molecular formula is C18H26N6. The summed E-state index contributed by atoms with van der Waals surface area (Å²) in [6.45, 7) is 2.91. The third-order valence-corrected chi connectivity index (χ3v) is 4.74. The smallest absolute Gasteiger partial charge is 0.157 e. The van der Waals surface area contributed by atoms with E-state index in [-0.39, 0.29) is 0 Å². The molecule has 2 heterocycles. The highest BCUT2D eigenvalue weighted by Crippen LogP contribution is 2.29. The molecule has 2 aromatic rings. The molecule has 1 aliphatic rings. The largest absolute Gasteiger partial charge is 0.393 e. The van der Waals surface area contributed by atoms with Gasteiger partial charge in [0, 0.05) is 19.6 Å². The molecule has 1 fully saturated rings. The van der Waals surface area contributed by atoms with Crippen LogP contribution in [0.3, 0.4) is 0 Å². The molecule has 0 spiro atoms. The van der Waals surface area contributed by atoms with E-state index in [4.69, 9.17) is 5.73 Å². The van der Waals surface area contributed by atoms with Crippen LogP contribution in [-0.2, 0) is 6.54 Å². The Labute approximate surface area is 143 Å². The molecule has 0 unspecified atom stereocenters. The first-order valence-electron chi connectivity index (χ1n) is 8.45. The van der Waals surface area contributed by atoms with Crippen LogP contribution < -0.4 is 16.0 Å². The fourth-order valence-corrected chi connectivity index (χ4v) is 3.15. The molecule has 1 aromatic heterocycles. The first-order valence-corrected chi connectivity index (χ1v) is 8.45. The SMILES string of the molecule is CN1CCC(N(C)c2ncnc(NCc3ccccc3)c2N)CC1. The van der Waals surface area contributed by atoms with E-state index in [1.54, 1.807) is 6.33 Å². The lowest BCUT2D eigenvalue weighted by molar-refractivity contribution is 0.252. The third kappa shape index (κ3) is 3.76. The van der Waals surface area contributed by atoms with Crippen molar-refractivity contribution in [3.8, 4) is 0 Å². The van der Waals surface area contributed by atoms with Crippen molar-refractivity contribution in [3.05, 3.63) is 42.2 Å². The zero-order chi connectivity index (χ0) is 16.9. The van der Waals surface area contributed by atoms with Gasteiger partial charge in [-0.05, 0) is 38.5 Å². The predicted octanol–water partition coefficient (Wildman–Crippen LogP) is 2.20. The van der Waals surface area contributed by atoms with Crippen LogP contribution in [-0.4, -0.2) is 48.1 Å². The minimum Gasteiger partial charge on any atom is -0.393 e. The van der Waals surface area contributed by atoms with Crippen LogP contribution in [0.5, 0.6) is 0 Å². The van der Waals surface area contributed by atoms with Crippen molar-refractivity contribution in [2.75, 3.05) is 43.1 Å². The molecule has 24 heavy (non-hydrogen) atoms. The van der Waals surface area contributed by atoms with Crippen molar-refractivity contribution in [2.24, 2.45) is 0 Å². The van der Waals surface area contributed by atoms with Gasteiger partial charge in [-0.2, -0.15) is 0 Å². The number of nitrogens with one attached hydrogen (secondary N) is 1. The van der Waals surface area contributed by atoms with Crippen molar-refractivity contribution in [3.63, 3.8) is 0 Å². The van der Waals surface area contributed by atoms with Gasteiger partial charge in [0.05, 0.1) is 0 Å². The molecule has 0 bridgehead atoms. The Kier molecular flexibility index (Phi) is 5.15. The van der Waals surface area contributed by atoms with Gasteiger partial charge in [-0.15, -0.1) is 0 Å². The number of nitrogens with two attached hydrogens (primary N) is 1. The number of anilines is 3. The fourth-order valence-electron chi connectivity index (χ4n) is 3.15. The highest BCUT2D eigenvalue weighted by Gasteiger charge is 2.23. The Morgan fingerprint density at radius 2 is 1.92 bits per heavy atom. The lowest BCUT2D eigenvalue weighted by atomic mass is 10.0. The van der Waals surface area contributed by atoms with E-state index in [1.165, 1.54) is 5.56 Å². The van der Waals surface area contributed by atoms with E-state index >= 15 is 0 Å². The number of nitrogens with zero attached hydrogens (tertiary/aromatic N) is 4. The average Bonchev–Trinajstić information content (AvgIpc) is 2.62. The van der Waals surface area contributed by atoms with Gasteiger partial charge in [0.2, 0.25) is 0 Å². The van der Waals surface area contributed by atoms with Crippen LogP contribution in [0.25, 0.3) is 0 Å². The molecule has 0 saturated carbocycles. The summed E-state index contributed by atoms with van der Waals surface area (Å²) < 4.78 is 0. The van der Waals surface area contributed by atoms with Crippen molar-refractivity contribution in [2.45, 2.75) is 25.4 Å². The number of likely N-dealkylation sites (tertiary alicyclic amines) is 1. The van der Waals surface area contributed by atoms with Crippen LogP contribution in [0.15, 0.2) is 36.7 Å². The molecule has 0 atom stereocenters. The van der Waals surface area contributed by atoms with Gasteiger partial charge in [-0.3, -0.25) is 0 Å². The quantitative estimate of drug-likeness (QED) is 0.878. The number of piperidine rings is 1. The zero-order valence-corrected chi connectivity index (χ0v) is 14.4. The van der Waals surface area contributed by atoms with Gasteiger partial charge in [0.1, 0.15) is 12.0 Å². The van der Waals surface area contributed by atoms with E-state index in [1.807, 2.05) is 18.2 Å². The standard InChI is InChI=1S/C18H26N6/c1-23-10-8-15(9-11-23)24(2)18-16(19)17(21-13-22-18)20-12-14-6-4-3-5-7-14/h3-7,13,15H,8-12,19H2,1-2H3,(H,20,21,22). The summed E-state index contributed by atoms with van der Waals surface area (Å²) >= 11 is 0. The van der Waals surface area contributed by atoms with Gasteiger partial charge < -0.3 is 20.9 Å². The number of benzene rings is 1. The predicted molar refractivity (Wildman–Crippen MR) is 99.1 cm³/mol. The molecule has 0 aliphatic carbocycles. The first kappa shape index (κ1) is 16.5.